The SMILES string of the molecule is Cc1cccc(=O)n1CCCNC(=O)C1CCCN(Cc2ccco2)C1. The van der Waals surface area contributed by atoms with Crippen molar-refractivity contribution < 1.29 is 9.21 Å². The minimum absolute atomic E-state index is 0.0113. The minimum Gasteiger partial charge on any atom is -0.468 e. The Morgan fingerprint density at radius 1 is 1.31 bits per heavy atom. The number of aromatic nitrogens is 1. The van der Waals surface area contributed by atoms with Crippen molar-refractivity contribution in [1.82, 2.24) is 14.8 Å². The second-order valence-corrected chi connectivity index (χ2v) is 6.96. The van der Waals surface area contributed by atoms with Gasteiger partial charge in [-0.05, 0) is 50.9 Å². The van der Waals surface area contributed by atoms with Crippen molar-refractivity contribution in [1.29, 1.82) is 0 Å². The molecule has 1 aliphatic heterocycles. The molecule has 1 unspecified atom stereocenters. The van der Waals surface area contributed by atoms with Gasteiger partial charge in [0.25, 0.3) is 5.56 Å². The molecule has 1 fully saturated rings. The Morgan fingerprint density at radius 2 is 2.19 bits per heavy atom. The molecule has 0 saturated carbocycles. The van der Waals surface area contributed by atoms with Gasteiger partial charge in [0.2, 0.25) is 5.91 Å². The van der Waals surface area contributed by atoms with Gasteiger partial charge >= 0.3 is 0 Å². The predicted molar refractivity (Wildman–Crippen MR) is 99.8 cm³/mol. The molecule has 1 aliphatic rings. The number of carbonyl (C=O) groups is 1. The predicted octanol–water partition coefficient (Wildman–Crippen LogP) is 2.17. The first-order valence-electron chi connectivity index (χ1n) is 9.32. The zero-order chi connectivity index (χ0) is 18.4. The number of rotatable bonds is 7. The molecule has 1 amide bonds. The Kier molecular flexibility index (Phi) is 6.28. The number of piperidine rings is 1. The van der Waals surface area contributed by atoms with Crippen molar-refractivity contribution in [3.8, 4) is 0 Å². The molecule has 1 N–H and O–H groups in total. The summed E-state index contributed by atoms with van der Waals surface area (Å²) in [7, 11) is 0. The van der Waals surface area contributed by atoms with E-state index in [1.807, 2.05) is 25.1 Å². The van der Waals surface area contributed by atoms with E-state index in [1.165, 1.54) is 0 Å². The first kappa shape index (κ1) is 18.5. The van der Waals surface area contributed by atoms with Crippen LogP contribution in [0.5, 0.6) is 0 Å². The van der Waals surface area contributed by atoms with E-state index < -0.39 is 0 Å². The molecule has 0 aromatic carbocycles. The number of amides is 1. The van der Waals surface area contributed by atoms with Gasteiger partial charge in [0.05, 0.1) is 18.7 Å². The Labute approximate surface area is 153 Å². The second kappa shape index (κ2) is 8.85. The maximum atomic E-state index is 12.5. The lowest BCUT2D eigenvalue weighted by Gasteiger charge is -2.31. The van der Waals surface area contributed by atoms with Crippen LogP contribution in [0.15, 0.2) is 45.8 Å². The summed E-state index contributed by atoms with van der Waals surface area (Å²) in [5.74, 6) is 1.08. The molecule has 0 spiro atoms. The Bertz CT molecular complexity index is 767. The first-order chi connectivity index (χ1) is 12.6. The van der Waals surface area contributed by atoms with Crippen LogP contribution in [0.1, 0.15) is 30.7 Å². The molecule has 6 nitrogen and oxygen atoms in total. The van der Waals surface area contributed by atoms with E-state index in [4.69, 9.17) is 4.42 Å². The van der Waals surface area contributed by atoms with E-state index >= 15 is 0 Å². The van der Waals surface area contributed by atoms with Crippen LogP contribution < -0.4 is 10.9 Å². The maximum Gasteiger partial charge on any atom is 0.250 e. The standard InChI is InChI=1S/C20H27N3O3/c1-16-6-2-9-19(24)23(16)12-5-10-21-20(25)17-7-3-11-22(14-17)15-18-8-4-13-26-18/h2,4,6,8-9,13,17H,3,5,7,10-12,14-15H2,1H3,(H,21,25). The van der Waals surface area contributed by atoms with Gasteiger partial charge in [-0.2, -0.15) is 0 Å². The first-order valence-corrected chi connectivity index (χ1v) is 9.32. The quantitative estimate of drug-likeness (QED) is 0.771. The number of aryl methyl sites for hydroxylation is 1. The van der Waals surface area contributed by atoms with Crippen LogP contribution in [0.2, 0.25) is 0 Å². The van der Waals surface area contributed by atoms with Crippen LogP contribution in [0, 0.1) is 12.8 Å². The highest BCUT2D eigenvalue weighted by atomic mass is 16.3. The molecular formula is C20H27N3O3. The average Bonchev–Trinajstić information content (AvgIpc) is 3.13. The third-order valence-electron chi connectivity index (χ3n) is 4.96. The van der Waals surface area contributed by atoms with Crippen molar-refractivity contribution >= 4 is 5.91 Å². The lowest BCUT2D eigenvalue weighted by atomic mass is 9.97. The number of furan rings is 1. The van der Waals surface area contributed by atoms with Gasteiger partial charge in [-0.3, -0.25) is 14.5 Å². The smallest absolute Gasteiger partial charge is 0.250 e. The monoisotopic (exact) mass is 357 g/mol. The molecule has 2 aromatic rings. The topological polar surface area (TPSA) is 67.5 Å². The van der Waals surface area contributed by atoms with Crippen LogP contribution in [-0.2, 0) is 17.9 Å². The number of likely N-dealkylation sites (tertiary alicyclic amines) is 1. The van der Waals surface area contributed by atoms with Crippen LogP contribution in [0.4, 0.5) is 0 Å². The average molecular weight is 357 g/mol. The maximum absolute atomic E-state index is 12.5. The zero-order valence-corrected chi connectivity index (χ0v) is 15.3. The van der Waals surface area contributed by atoms with E-state index in [0.29, 0.717) is 13.1 Å². The number of nitrogens with one attached hydrogen (secondary N) is 1. The van der Waals surface area contributed by atoms with Crippen molar-refractivity contribution in [2.45, 2.75) is 39.3 Å². The van der Waals surface area contributed by atoms with Gasteiger partial charge in [-0.15, -0.1) is 0 Å². The van der Waals surface area contributed by atoms with Crippen LogP contribution >= 0.6 is 0 Å². The van der Waals surface area contributed by atoms with E-state index in [2.05, 4.69) is 10.2 Å². The summed E-state index contributed by atoms with van der Waals surface area (Å²) in [6.07, 6.45) is 4.39. The Morgan fingerprint density at radius 3 is 2.96 bits per heavy atom. The zero-order valence-electron chi connectivity index (χ0n) is 15.3. The van der Waals surface area contributed by atoms with E-state index in [-0.39, 0.29) is 17.4 Å². The minimum atomic E-state index is 0.0113. The van der Waals surface area contributed by atoms with Gasteiger partial charge in [0.1, 0.15) is 5.76 Å². The molecule has 0 radical (unpaired) electrons. The normalized spacial score (nSPS) is 18.0. The summed E-state index contributed by atoms with van der Waals surface area (Å²) in [5.41, 5.74) is 0.960. The number of nitrogens with zero attached hydrogens (tertiary/aromatic N) is 2. The molecule has 0 aliphatic carbocycles. The fourth-order valence-electron chi connectivity index (χ4n) is 3.54. The lowest BCUT2D eigenvalue weighted by molar-refractivity contribution is -0.126. The number of carbonyl (C=O) groups excluding carboxylic acids is 1. The number of hydrogen-bond acceptors (Lipinski definition) is 4. The van der Waals surface area contributed by atoms with Gasteiger partial charge in [-0.1, -0.05) is 6.07 Å². The third kappa shape index (κ3) is 4.85. The highest BCUT2D eigenvalue weighted by Crippen LogP contribution is 2.19. The van der Waals surface area contributed by atoms with Crippen molar-refractivity contribution in [3.05, 3.63) is 58.4 Å². The van der Waals surface area contributed by atoms with Gasteiger partial charge in [0.15, 0.2) is 0 Å². The molecule has 3 rings (SSSR count). The Hall–Kier alpha value is -2.34. The highest BCUT2D eigenvalue weighted by molar-refractivity contribution is 5.78. The van der Waals surface area contributed by atoms with Gasteiger partial charge < -0.3 is 14.3 Å². The summed E-state index contributed by atoms with van der Waals surface area (Å²) in [5, 5.41) is 3.04. The number of pyridine rings is 1. The summed E-state index contributed by atoms with van der Waals surface area (Å²) in [4.78, 5) is 26.6. The molecule has 6 heteroatoms. The molecule has 140 valence electrons. The molecule has 0 bridgehead atoms. The van der Waals surface area contributed by atoms with Gasteiger partial charge in [0, 0.05) is 31.4 Å². The molecule has 2 aromatic heterocycles. The van der Waals surface area contributed by atoms with Gasteiger partial charge in [-0.25, -0.2) is 0 Å². The van der Waals surface area contributed by atoms with E-state index in [9.17, 15) is 9.59 Å². The second-order valence-electron chi connectivity index (χ2n) is 6.96. The lowest BCUT2D eigenvalue weighted by Crippen LogP contribution is -2.43. The van der Waals surface area contributed by atoms with E-state index in [0.717, 1.165) is 50.4 Å². The molecule has 1 saturated heterocycles. The van der Waals surface area contributed by atoms with Crippen molar-refractivity contribution in [2.75, 3.05) is 19.6 Å². The van der Waals surface area contributed by atoms with Crippen LogP contribution in [0.3, 0.4) is 0 Å². The largest absolute Gasteiger partial charge is 0.468 e. The molecule has 26 heavy (non-hydrogen) atoms. The summed E-state index contributed by atoms with van der Waals surface area (Å²) in [6, 6.07) is 9.13. The fourth-order valence-corrected chi connectivity index (χ4v) is 3.54. The summed E-state index contributed by atoms with van der Waals surface area (Å²) >= 11 is 0. The summed E-state index contributed by atoms with van der Waals surface area (Å²) in [6.45, 7) is 5.67. The van der Waals surface area contributed by atoms with E-state index in [1.54, 1.807) is 23.0 Å². The molecule has 3 heterocycles. The van der Waals surface area contributed by atoms with Crippen LogP contribution in [0.25, 0.3) is 0 Å². The van der Waals surface area contributed by atoms with Crippen LogP contribution in [-0.4, -0.2) is 35.0 Å². The molecule has 1 atom stereocenters. The van der Waals surface area contributed by atoms with Crippen molar-refractivity contribution in [3.63, 3.8) is 0 Å². The van der Waals surface area contributed by atoms with Crippen molar-refractivity contribution in [2.24, 2.45) is 5.92 Å². The fraction of sp³-hybridized carbons (Fsp3) is 0.500. The highest BCUT2D eigenvalue weighted by Gasteiger charge is 2.25. The third-order valence-corrected chi connectivity index (χ3v) is 4.96. The molecular weight excluding hydrogens is 330 g/mol. The number of hydrogen-bond donors (Lipinski definition) is 1. The Balaban J connectivity index is 1.42. The summed E-state index contributed by atoms with van der Waals surface area (Å²) < 4.78 is 7.15.